The van der Waals surface area contributed by atoms with E-state index in [0.717, 1.165) is 11.3 Å². The van der Waals surface area contributed by atoms with Crippen molar-refractivity contribution in [2.45, 2.75) is 53.3 Å². The predicted molar refractivity (Wildman–Crippen MR) is 109 cm³/mol. The number of hydrogen-bond acceptors (Lipinski definition) is 4. The van der Waals surface area contributed by atoms with Gasteiger partial charge < -0.3 is 19.4 Å². The van der Waals surface area contributed by atoms with Crippen molar-refractivity contribution >= 4 is 23.7 Å². The molecule has 0 radical (unpaired) electrons. The van der Waals surface area contributed by atoms with Gasteiger partial charge >= 0.3 is 12.1 Å². The summed E-state index contributed by atoms with van der Waals surface area (Å²) in [4.78, 5) is 24.5. The van der Waals surface area contributed by atoms with Crippen LogP contribution in [0.1, 0.15) is 54.9 Å². The summed E-state index contributed by atoms with van der Waals surface area (Å²) in [7, 11) is 0. The summed E-state index contributed by atoms with van der Waals surface area (Å²) in [5.74, 6) is -0.418. The fraction of sp³-hybridized carbons (Fsp3) is 0.429. The molecule has 0 aliphatic heterocycles. The molecule has 2 rings (SSSR count). The summed E-state index contributed by atoms with van der Waals surface area (Å²) < 4.78 is 12.4. The van der Waals surface area contributed by atoms with Gasteiger partial charge in [-0.1, -0.05) is 29.8 Å². The third-order valence-electron chi connectivity index (χ3n) is 4.03. The summed E-state index contributed by atoms with van der Waals surface area (Å²) in [6.45, 7) is 9.91. The van der Waals surface area contributed by atoms with Crippen LogP contribution in [-0.4, -0.2) is 28.8 Å². The molecular weight excluding hydrogens is 380 g/mol. The summed E-state index contributed by atoms with van der Waals surface area (Å²) in [5, 5.41) is 3.35. The molecule has 0 unspecified atom stereocenters. The SMILES string of the molecule is CCOC(=O)c1c(CNC(=O)OC(C)(C)C)cn(Cc2ccccc2Cl)c1C. The average molecular weight is 407 g/mol. The van der Waals surface area contributed by atoms with Gasteiger partial charge in [-0.15, -0.1) is 0 Å². The second-order valence-electron chi connectivity index (χ2n) is 7.41. The number of amides is 1. The Balaban J connectivity index is 2.28. The second-order valence-corrected chi connectivity index (χ2v) is 7.82. The lowest BCUT2D eigenvalue weighted by molar-refractivity contribution is 0.0502. The average Bonchev–Trinajstić information content (AvgIpc) is 2.89. The number of benzene rings is 1. The van der Waals surface area contributed by atoms with E-state index < -0.39 is 17.7 Å². The van der Waals surface area contributed by atoms with Gasteiger partial charge in [0.05, 0.1) is 12.2 Å². The van der Waals surface area contributed by atoms with Gasteiger partial charge in [0.15, 0.2) is 0 Å². The molecule has 7 heteroatoms. The Kier molecular flexibility index (Phi) is 7.13. The zero-order valence-corrected chi connectivity index (χ0v) is 17.7. The van der Waals surface area contributed by atoms with Crippen molar-refractivity contribution in [1.29, 1.82) is 0 Å². The van der Waals surface area contributed by atoms with E-state index in [2.05, 4.69) is 5.32 Å². The smallest absolute Gasteiger partial charge is 0.407 e. The maximum atomic E-state index is 12.5. The molecule has 152 valence electrons. The number of hydrogen-bond donors (Lipinski definition) is 1. The zero-order valence-electron chi connectivity index (χ0n) is 17.0. The van der Waals surface area contributed by atoms with Gasteiger partial charge in [0.2, 0.25) is 0 Å². The number of nitrogens with one attached hydrogen (secondary N) is 1. The highest BCUT2D eigenvalue weighted by molar-refractivity contribution is 6.31. The van der Waals surface area contributed by atoms with Gasteiger partial charge in [-0.2, -0.15) is 0 Å². The number of rotatable bonds is 6. The van der Waals surface area contributed by atoms with E-state index in [4.69, 9.17) is 21.1 Å². The third-order valence-corrected chi connectivity index (χ3v) is 4.39. The van der Waals surface area contributed by atoms with E-state index in [1.165, 1.54) is 0 Å². The maximum absolute atomic E-state index is 12.5. The van der Waals surface area contributed by atoms with Crippen molar-refractivity contribution in [2.75, 3.05) is 6.61 Å². The molecular formula is C21H27ClN2O4. The molecule has 1 amide bonds. The van der Waals surface area contributed by atoms with Gasteiger partial charge in [0, 0.05) is 35.6 Å². The molecule has 0 atom stereocenters. The number of carbonyl (C=O) groups is 2. The fourth-order valence-corrected chi connectivity index (χ4v) is 2.99. The van der Waals surface area contributed by atoms with Crippen LogP contribution in [-0.2, 0) is 22.6 Å². The Morgan fingerprint density at radius 2 is 1.86 bits per heavy atom. The highest BCUT2D eigenvalue weighted by atomic mass is 35.5. The first kappa shape index (κ1) is 21.8. The van der Waals surface area contributed by atoms with Gasteiger partial charge in [0.1, 0.15) is 5.60 Å². The molecule has 28 heavy (non-hydrogen) atoms. The minimum absolute atomic E-state index is 0.152. The summed E-state index contributed by atoms with van der Waals surface area (Å²) in [6, 6.07) is 7.54. The van der Waals surface area contributed by atoms with Crippen molar-refractivity contribution in [3.8, 4) is 0 Å². The van der Waals surface area contributed by atoms with Crippen LogP contribution in [0.4, 0.5) is 4.79 Å². The monoisotopic (exact) mass is 406 g/mol. The van der Waals surface area contributed by atoms with Gasteiger partial charge in [-0.25, -0.2) is 9.59 Å². The molecule has 0 saturated heterocycles. The first-order valence-corrected chi connectivity index (χ1v) is 9.56. The van der Waals surface area contributed by atoms with Crippen LogP contribution in [0, 0.1) is 6.92 Å². The molecule has 1 aromatic carbocycles. The molecule has 6 nitrogen and oxygen atoms in total. The number of esters is 1. The lowest BCUT2D eigenvalue weighted by Gasteiger charge is -2.19. The van der Waals surface area contributed by atoms with Crippen LogP contribution >= 0.6 is 11.6 Å². The fourth-order valence-electron chi connectivity index (χ4n) is 2.80. The number of carbonyl (C=O) groups excluding carboxylic acids is 2. The quantitative estimate of drug-likeness (QED) is 0.706. The molecule has 1 N–H and O–H groups in total. The topological polar surface area (TPSA) is 69.6 Å². The van der Waals surface area contributed by atoms with Crippen LogP contribution in [0.25, 0.3) is 0 Å². The second kappa shape index (κ2) is 9.15. The van der Waals surface area contributed by atoms with Crippen molar-refractivity contribution in [1.82, 2.24) is 9.88 Å². The molecule has 0 saturated carbocycles. The van der Waals surface area contributed by atoms with Crippen LogP contribution in [0.5, 0.6) is 0 Å². The highest BCUT2D eigenvalue weighted by Crippen LogP contribution is 2.23. The van der Waals surface area contributed by atoms with E-state index in [-0.39, 0.29) is 13.2 Å². The molecule has 0 spiro atoms. The standard InChI is InChI=1S/C21H27ClN2O4/c1-6-27-19(25)18-14(2)24(12-15-9-7-8-10-17(15)22)13-16(18)11-23-20(26)28-21(3,4)5/h7-10,13H,6,11-12H2,1-5H3,(H,23,26). The van der Waals surface area contributed by atoms with Crippen molar-refractivity contribution in [3.05, 3.63) is 57.9 Å². The van der Waals surface area contributed by atoms with Gasteiger partial charge in [-0.3, -0.25) is 0 Å². The summed E-state index contributed by atoms with van der Waals surface area (Å²) in [6.07, 6.45) is 1.29. The molecule has 0 aliphatic rings. The van der Waals surface area contributed by atoms with E-state index in [1.54, 1.807) is 27.7 Å². The highest BCUT2D eigenvalue weighted by Gasteiger charge is 2.22. The number of halogens is 1. The van der Waals surface area contributed by atoms with Crippen molar-refractivity contribution in [2.24, 2.45) is 0 Å². The Morgan fingerprint density at radius 3 is 2.46 bits per heavy atom. The van der Waals surface area contributed by atoms with Gasteiger partial charge in [0.25, 0.3) is 0 Å². The molecule has 0 bridgehead atoms. The molecule has 0 fully saturated rings. The first-order chi connectivity index (χ1) is 13.1. The maximum Gasteiger partial charge on any atom is 0.407 e. The van der Waals surface area contributed by atoms with E-state index >= 15 is 0 Å². The largest absolute Gasteiger partial charge is 0.462 e. The van der Waals surface area contributed by atoms with Gasteiger partial charge in [-0.05, 0) is 46.2 Å². The van der Waals surface area contributed by atoms with Crippen LogP contribution < -0.4 is 5.32 Å². The normalized spacial score (nSPS) is 11.2. The Labute approximate surface area is 170 Å². The minimum atomic E-state index is -0.597. The summed E-state index contributed by atoms with van der Waals surface area (Å²) in [5.41, 5.74) is 2.20. The zero-order chi connectivity index (χ0) is 20.9. The van der Waals surface area contributed by atoms with Crippen molar-refractivity contribution < 1.29 is 19.1 Å². The van der Waals surface area contributed by atoms with E-state index in [1.807, 2.05) is 42.0 Å². The molecule has 1 heterocycles. The lowest BCUT2D eigenvalue weighted by atomic mass is 10.1. The predicted octanol–water partition coefficient (Wildman–Crippen LogP) is 4.70. The van der Waals surface area contributed by atoms with E-state index in [0.29, 0.717) is 22.7 Å². The van der Waals surface area contributed by atoms with Crippen LogP contribution in [0.3, 0.4) is 0 Å². The van der Waals surface area contributed by atoms with Crippen LogP contribution in [0.15, 0.2) is 30.5 Å². The number of aromatic nitrogens is 1. The number of alkyl carbamates (subject to hydrolysis) is 1. The Hall–Kier alpha value is -2.47. The summed E-state index contributed by atoms with van der Waals surface area (Å²) >= 11 is 6.27. The molecule has 2 aromatic rings. The molecule has 0 aliphatic carbocycles. The first-order valence-electron chi connectivity index (χ1n) is 9.18. The number of ether oxygens (including phenoxy) is 2. The molecule has 1 aromatic heterocycles. The Bertz CT molecular complexity index is 853. The third kappa shape index (κ3) is 5.76. The number of nitrogens with zero attached hydrogens (tertiary/aromatic N) is 1. The van der Waals surface area contributed by atoms with Crippen LogP contribution in [0.2, 0.25) is 5.02 Å². The Morgan fingerprint density at radius 1 is 1.18 bits per heavy atom. The lowest BCUT2D eigenvalue weighted by Crippen LogP contribution is -2.32. The van der Waals surface area contributed by atoms with Crippen molar-refractivity contribution in [3.63, 3.8) is 0 Å². The minimum Gasteiger partial charge on any atom is -0.462 e. The van der Waals surface area contributed by atoms with E-state index in [9.17, 15) is 9.59 Å².